The highest BCUT2D eigenvalue weighted by Gasteiger charge is 2.14. The van der Waals surface area contributed by atoms with E-state index in [1.54, 1.807) is 0 Å². The number of fused-ring (bicyclic) bond motifs is 1. The summed E-state index contributed by atoms with van der Waals surface area (Å²) in [7, 11) is 0. The number of H-pyrrole nitrogens is 1. The van der Waals surface area contributed by atoms with Gasteiger partial charge in [0, 0.05) is 6.54 Å². The number of nitrogens with zero attached hydrogens (tertiary/aromatic N) is 3. The van der Waals surface area contributed by atoms with Crippen molar-refractivity contribution < 1.29 is 8.78 Å². The fourth-order valence-electron chi connectivity index (χ4n) is 1.78. The summed E-state index contributed by atoms with van der Waals surface area (Å²) in [6.45, 7) is 2.56. The minimum Gasteiger partial charge on any atom is -0.354 e. The van der Waals surface area contributed by atoms with Crippen LogP contribution in [0.25, 0.3) is 11.2 Å². The molecule has 2 aromatic heterocycles. The Hall–Kier alpha value is -2.22. The summed E-state index contributed by atoms with van der Waals surface area (Å²) in [6.07, 6.45) is 1.49. The van der Waals surface area contributed by atoms with Crippen LogP contribution in [0.4, 0.5) is 14.7 Å². The van der Waals surface area contributed by atoms with Crippen LogP contribution in [-0.2, 0) is 0 Å². The van der Waals surface area contributed by atoms with Gasteiger partial charge in [-0.25, -0.2) is 18.7 Å². The highest BCUT2D eigenvalue weighted by atomic mass is 32.2. The fraction of sp³-hybridized carbons (Fsp3) is 0.154. The molecule has 2 heterocycles. The molecule has 0 bridgehead atoms. The van der Waals surface area contributed by atoms with Gasteiger partial charge in [0.1, 0.15) is 22.2 Å². The third-order valence-corrected chi connectivity index (χ3v) is 3.71. The van der Waals surface area contributed by atoms with Crippen molar-refractivity contribution in [3.8, 4) is 0 Å². The highest BCUT2D eigenvalue weighted by Crippen LogP contribution is 2.33. The average Bonchev–Trinajstić information content (AvgIpc) is 2.92. The minimum absolute atomic E-state index is 0.159. The van der Waals surface area contributed by atoms with E-state index in [1.807, 2.05) is 6.92 Å². The predicted molar refractivity (Wildman–Crippen MR) is 76.3 cm³/mol. The van der Waals surface area contributed by atoms with Crippen LogP contribution in [0.3, 0.4) is 0 Å². The lowest BCUT2D eigenvalue weighted by molar-refractivity contribution is 0.577. The molecular formula is C13H11F2N5S. The first-order chi connectivity index (χ1) is 10.2. The van der Waals surface area contributed by atoms with Crippen molar-refractivity contribution >= 4 is 28.9 Å². The monoisotopic (exact) mass is 307 g/mol. The van der Waals surface area contributed by atoms with Crippen LogP contribution in [0.5, 0.6) is 0 Å². The second kappa shape index (κ2) is 5.65. The maximum atomic E-state index is 13.8. The average molecular weight is 307 g/mol. The molecular weight excluding hydrogens is 296 g/mol. The van der Waals surface area contributed by atoms with Gasteiger partial charge in [-0.05, 0) is 25.1 Å². The molecule has 21 heavy (non-hydrogen) atoms. The van der Waals surface area contributed by atoms with Gasteiger partial charge >= 0.3 is 0 Å². The van der Waals surface area contributed by atoms with Gasteiger partial charge in [0.05, 0.1) is 11.2 Å². The van der Waals surface area contributed by atoms with Gasteiger partial charge in [-0.15, -0.1) is 0 Å². The number of imidazole rings is 1. The topological polar surface area (TPSA) is 66.5 Å². The van der Waals surface area contributed by atoms with E-state index in [4.69, 9.17) is 0 Å². The van der Waals surface area contributed by atoms with E-state index in [0.717, 1.165) is 30.0 Å². The molecule has 0 aliphatic carbocycles. The molecule has 5 nitrogen and oxygen atoms in total. The van der Waals surface area contributed by atoms with Crippen LogP contribution in [0.2, 0.25) is 0 Å². The van der Waals surface area contributed by atoms with E-state index in [9.17, 15) is 8.78 Å². The summed E-state index contributed by atoms with van der Waals surface area (Å²) in [4.78, 5) is 15.7. The molecule has 0 radical (unpaired) electrons. The summed E-state index contributed by atoms with van der Waals surface area (Å²) in [6, 6.07) is 3.31. The van der Waals surface area contributed by atoms with E-state index in [-0.39, 0.29) is 4.90 Å². The Labute approximate surface area is 123 Å². The van der Waals surface area contributed by atoms with Crippen molar-refractivity contribution in [2.45, 2.75) is 16.8 Å². The first-order valence-electron chi connectivity index (χ1n) is 6.25. The van der Waals surface area contributed by atoms with E-state index in [1.165, 1.54) is 6.33 Å². The standard InChI is InChI=1S/C13H11F2N5S/c1-2-16-13-19-11-10(17-6-18-11)12(20-13)21-9-5-7(14)3-4-8(9)15/h3-6H,2H2,1H3,(H2,16,17,18,19,20). The Morgan fingerprint density at radius 1 is 1.29 bits per heavy atom. The summed E-state index contributed by atoms with van der Waals surface area (Å²) in [5.74, 6) is -0.602. The van der Waals surface area contributed by atoms with Crippen LogP contribution in [0.15, 0.2) is 34.4 Å². The van der Waals surface area contributed by atoms with Crippen molar-refractivity contribution in [2.75, 3.05) is 11.9 Å². The molecule has 0 spiro atoms. The van der Waals surface area contributed by atoms with Crippen molar-refractivity contribution in [3.63, 3.8) is 0 Å². The molecule has 0 unspecified atom stereocenters. The predicted octanol–water partition coefficient (Wildman–Crippen LogP) is 3.21. The quantitative estimate of drug-likeness (QED) is 0.725. The number of nitrogens with one attached hydrogen (secondary N) is 2. The molecule has 0 aliphatic rings. The third kappa shape index (κ3) is 2.80. The summed E-state index contributed by atoms with van der Waals surface area (Å²) in [5, 5.41) is 3.47. The molecule has 0 amide bonds. The van der Waals surface area contributed by atoms with E-state index in [0.29, 0.717) is 28.7 Å². The van der Waals surface area contributed by atoms with Crippen molar-refractivity contribution in [1.29, 1.82) is 0 Å². The van der Waals surface area contributed by atoms with E-state index >= 15 is 0 Å². The zero-order valence-electron chi connectivity index (χ0n) is 11.0. The molecule has 3 aromatic rings. The van der Waals surface area contributed by atoms with Gasteiger partial charge in [0.2, 0.25) is 5.95 Å². The summed E-state index contributed by atoms with van der Waals surface area (Å²) >= 11 is 1.03. The van der Waals surface area contributed by atoms with Crippen LogP contribution in [-0.4, -0.2) is 26.5 Å². The van der Waals surface area contributed by atoms with Crippen LogP contribution >= 0.6 is 11.8 Å². The smallest absolute Gasteiger partial charge is 0.225 e. The number of rotatable bonds is 4. The lowest BCUT2D eigenvalue weighted by Crippen LogP contribution is -2.03. The third-order valence-electron chi connectivity index (χ3n) is 2.69. The molecule has 0 atom stereocenters. The molecule has 108 valence electrons. The zero-order chi connectivity index (χ0) is 14.8. The Bertz CT molecular complexity index is 789. The summed E-state index contributed by atoms with van der Waals surface area (Å²) < 4.78 is 27.0. The van der Waals surface area contributed by atoms with Crippen LogP contribution < -0.4 is 5.32 Å². The van der Waals surface area contributed by atoms with E-state index < -0.39 is 11.6 Å². The lowest BCUT2D eigenvalue weighted by Gasteiger charge is -2.06. The van der Waals surface area contributed by atoms with Gasteiger partial charge in [-0.3, -0.25) is 0 Å². The normalized spacial score (nSPS) is 11.0. The van der Waals surface area contributed by atoms with Crippen molar-refractivity contribution in [3.05, 3.63) is 36.2 Å². The highest BCUT2D eigenvalue weighted by molar-refractivity contribution is 7.99. The number of hydrogen-bond donors (Lipinski definition) is 2. The molecule has 1 aromatic carbocycles. The SMILES string of the molecule is CCNc1nc(Sc2cc(F)ccc2F)c2[nH]cnc2n1. The maximum absolute atomic E-state index is 13.8. The number of hydrogen-bond acceptors (Lipinski definition) is 5. The molecule has 0 fully saturated rings. The maximum Gasteiger partial charge on any atom is 0.225 e. The molecule has 3 rings (SSSR count). The molecule has 2 N–H and O–H groups in total. The van der Waals surface area contributed by atoms with Crippen molar-refractivity contribution in [2.24, 2.45) is 0 Å². The fourth-order valence-corrected chi connectivity index (χ4v) is 2.71. The number of halogens is 2. The molecule has 0 saturated carbocycles. The van der Waals surface area contributed by atoms with E-state index in [2.05, 4.69) is 25.3 Å². The number of aromatic amines is 1. The lowest BCUT2D eigenvalue weighted by atomic mass is 10.3. The largest absolute Gasteiger partial charge is 0.354 e. The van der Waals surface area contributed by atoms with Crippen LogP contribution in [0.1, 0.15) is 6.92 Å². The van der Waals surface area contributed by atoms with Gasteiger partial charge in [-0.1, -0.05) is 11.8 Å². The Morgan fingerprint density at radius 2 is 2.14 bits per heavy atom. The van der Waals surface area contributed by atoms with Crippen molar-refractivity contribution in [1.82, 2.24) is 19.9 Å². The molecule has 0 saturated heterocycles. The first kappa shape index (κ1) is 13.7. The Kier molecular flexibility index (Phi) is 3.70. The molecule has 0 aliphatic heterocycles. The zero-order valence-corrected chi connectivity index (χ0v) is 11.8. The van der Waals surface area contributed by atoms with Crippen LogP contribution in [0, 0.1) is 11.6 Å². The van der Waals surface area contributed by atoms with Gasteiger partial charge in [0.25, 0.3) is 0 Å². The second-order valence-electron chi connectivity index (χ2n) is 4.16. The Balaban J connectivity index is 2.06. The van der Waals surface area contributed by atoms with Gasteiger partial charge in [-0.2, -0.15) is 4.98 Å². The number of aromatic nitrogens is 4. The number of benzene rings is 1. The number of anilines is 1. The first-order valence-corrected chi connectivity index (χ1v) is 7.07. The Morgan fingerprint density at radius 3 is 2.95 bits per heavy atom. The minimum atomic E-state index is -0.502. The summed E-state index contributed by atoms with van der Waals surface area (Å²) in [5.41, 5.74) is 1.06. The van der Waals surface area contributed by atoms with Gasteiger partial charge < -0.3 is 10.3 Å². The molecule has 8 heteroatoms. The van der Waals surface area contributed by atoms with Gasteiger partial charge in [0.15, 0.2) is 5.65 Å². The second-order valence-corrected chi connectivity index (χ2v) is 5.19.